The van der Waals surface area contributed by atoms with Crippen LogP contribution in [0.25, 0.3) is 0 Å². The maximum absolute atomic E-state index is 11.7. The van der Waals surface area contributed by atoms with Gasteiger partial charge in [0.15, 0.2) is 12.2 Å². The summed E-state index contributed by atoms with van der Waals surface area (Å²) in [6.45, 7) is 8.32. The van der Waals surface area contributed by atoms with E-state index in [0.29, 0.717) is 0 Å². The third kappa shape index (κ3) is 6.85. The Kier molecular flexibility index (Phi) is 7.25. The van der Waals surface area contributed by atoms with Crippen LogP contribution in [0.4, 0.5) is 0 Å². The monoisotopic (exact) mass is 306 g/mol. The molecule has 0 aliphatic heterocycles. The van der Waals surface area contributed by atoms with Gasteiger partial charge < -0.3 is 31.1 Å². The summed E-state index contributed by atoms with van der Waals surface area (Å²) in [6.07, 6.45) is -7.93. The largest absolute Gasteiger partial charge is 0.387 e. The predicted octanol–water partition coefficient (Wildman–Crippen LogP) is -2.13. The Hall–Kier alpha value is -1.22. The molecule has 8 nitrogen and oxygen atoms in total. The first-order chi connectivity index (χ1) is 9.36. The normalized spacial score (nSPS) is 17.8. The van der Waals surface area contributed by atoms with E-state index in [-0.39, 0.29) is 6.04 Å². The molecule has 21 heavy (non-hydrogen) atoms. The second-order valence-corrected chi connectivity index (χ2v) is 6.27. The van der Waals surface area contributed by atoms with E-state index in [1.165, 1.54) is 0 Å². The molecule has 0 aromatic carbocycles. The standard InChI is InChI=1S/C13H26N2O6/c1-6(2)14-11(20)9(18)7(16)8(17)10(19)12(21)15-13(3,4)5/h6-10,16-19H,1-5H3,(H,14,20)(H,15,21)/t7-,8-,9+,10+/m1/s1. The van der Waals surface area contributed by atoms with E-state index in [4.69, 9.17) is 0 Å². The topological polar surface area (TPSA) is 139 Å². The summed E-state index contributed by atoms with van der Waals surface area (Å²) in [4.78, 5) is 23.2. The SMILES string of the molecule is CC(C)NC(=O)[C@@H](O)[C@H](O)[C@@H](O)[C@H](O)C(=O)NC(C)(C)C. The molecule has 0 aliphatic carbocycles. The first kappa shape index (κ1) is 19.8. The minimum atomic E-state index is -2.00. The summed E-state index contributed by atoms with van der Waals surface area (Å²) < 4.78 is 0. The molecule has 8 heteroatoms. The van der Waals surface area contributed by atoms with E-state index in [0.717, 1.165) is 0 Å². The summed E-state index contributed by atoms with van der Waals surface area (Å²) in [6, 6.07) is -0.273. The van der Waals surface area contributed by atoms with Crippen LogP contribution in [-0.2, 0) is 9.59 Å². The van der Waals surface area contributed by atoms with Gasteiger partial charge in [0.2, 0.25) is 0 Å². The third-order valence-corrected chi connectivity index (χ3v) is 2.46. The van der Waals surface area contributed by atoms with Crippen molar-refractivity contribution in [1.82, 2.24) is 10.6 Å². The lowest BCUT2D eigenvalue weighted by atomic mass is 10.0. The molecule has 0 aromatic heterocycles. The maximum Gasteiger partial charge on any atom is 0.252 e. The van der Waals surface area contributed by atoms with E-state index < -0.39 is 41.8 Å². The molecule has 2 amide bonds. The number of hydrogen-bond acceptors (Lipinski definition) is 6. The van der Waals surface area contributed by atoms with E-state index in [1.54, 1.807) is 34.6 Å². The molecule has 0 rings (SSSR count). The van der Waals surface area contributed by atoms with Crippen LogP contribution in [0.5, 0.6) is 0 Å². The molecule has 0 radical (unpaired) electrons. The van der Waals surface area contributed by atoms with Crippen LogP contribution in [0.3, 0.4) is 0 Å². The smallest absolute Gasteiger partial charge is 0.252 e. The molecule has 0 heterocycles. The van der Waals surface area contributed by atoms with Crippen molar-refractivity contribution in [2.45, 2.75) is 70.6 Å². The highest BCUT2D eigenvalue weighted by atomic mass is 16.4. The van der Waals surface area contributed by atoms with Gasteiger partial charge in [-0.05, 0) is 34.6 Å². The molecule has 0 unspecified atom stereocenters. The van der Waals surface area contributed by atoms with Gasteiger partial charge in [-0.2, -0.15) is 0 Å². The lowest BCUT2D eigenvalue weighted by molar-refractivity contribution is -0.156. The van der Waals surface area contributed by atoms with Gasteiger partial charge in [0, 0.05) is 11.6 Å². The molecular weight excluding hydrogens is 280 g/mol. The van der Waals surface area contributed by atoms with Crippen molar-refractivity contribution < 1.29 is 30.0 Å². The van der Waals surface area contributed by atoms with Gasteiger partial charge in [-0.3, -0.25) is 9.59 Å². The van der Waals surface area contributed by atoms with E-state index in [9.17, 15) is 30.0 Å². The second-order valence-electron chi connectivity index (χ2n) is 6.27. The van der Waals surface area contributed by atoms with E-state index >= 15 is 0 Å². The number of rotatable bonds is 6. The molecule has 6 N–H and O–H groups in total. The Morgan fingerprint density at radius 1 is 0.857 bits per heavy atom. The minimum Gasteiger partial charge on any atom is -0.387 e. The number of aliphatic hydroxyl groups is 4. The fourth-order valence-electron chi connectivity index (χ4n) is 1.50. The van der Waals surface area contributed by atoms with Crippen LogP contribution >= 0.6 is 0 Å². The number of nitrogens with one attached hydrogen (secondary N) is 2. The Balaban J connectivity index is 4.71. The van der Waals surface area contributed by atoms with Crippen molar-refractivity contribution >= 4 is 11.8 Å². The van der Waals surface area contributed by atoms with Crippen molar-refractivity contribution in [2.75, 3.05) is 0 Å². The van der Waals surface area contributed by atoms with Gasteiger partial charge in [0.05, 0.1) is 0 Å². The molecule has 4 atom stereocenters. The van der Waals surface area contributed by atoms with Crippen LogP contribution in [0, 0.1) is 0 Å². The van der Waals surface area contributed by atoms with Crippen LogP contribution in [0.2, 0.25) is 0 Å². The van der Waals surface area contributed by atoms with Gasteiger partial charge in [0.25, 0.3) is 11.8 Å². The summed E-state index contributed by atoms with van der Waals surface area (Å²) in [5, 5.41) is 43.4. The Morgan fingerprint density at radius 2 is 1.24 bits per heavy atom. The number of amides is 2. The number of aliphatic hydroxyl groups excluding tert-OH is 4. The van der Waals surface area contributed by atoms with E-state index in [1.807, 2.05) is 0 Å². The van der Waals surface area contributed by atoms with Gasteiger partial charge in [-0.25, -0.2) is 0 Å². The summed E-state index contributed by atoms with van der Waals surface area (Å²) in [5.41, 5.74) is -0.642. The van der Waals surface area contributed by atoms with Crippen molar-refractivity contribution in [3.05, 3.63) is 0 Å². The van der Waals surface area contributed by atoms with E-state index in [2.05, 4.69) is 10.6 Å². The fraction of sp³-hybridized carbons (Fsp3) is 0.846. The van der Waals surface area contributed by atoms with Gasteiger partial charge in [0.1, 0.15) is 12.2 Å². The highest BCUT2D eigenvalue weighted by molar-refractivity contribution is 5.83. The minimum absolute atomic E-state index is 0.273. The quantitative estimate of drug-likeness (QED) is 0.331. The van der Waals surface area contributed by atoms with Crippen LogP contribution in [0.1, 0.15) is 34.6 Å². The Bertz CT molecular complexity index is 366. The summed E-state index contributed by atoms with van der Waals surface area (Å²) in [5.74, 6) is -1.81. The average molecular weight is 306 g/mol. The zero-order chi connectivity index (χ0) is 17.0. The molecule has 0 aromatic rings. The molecule has 0 saturated heterocycles. The number of hydrogen-bond donors (Lipinski definition) is 6. The molecule has 0 spiro atoms. The molecule has 0 fully saturated rings. The maximum atomic E-state index is 11.7. The zero-order valence-corrected chi connectivity index (χ0v) is 13.0. The first-order valence-electron chi connectivity index (χ1n) is 6.71. The Labute approximate surface area is 124 Å². The highest BCUT2D eigenvalue weighted by Gasteiger charge is 2.38. The summed E-state index contributed by atoms with van der Waals surface area (Å²) in [7, 11) is 0. The Morgan fingerprint density at radius 3 is 1.57 bits per heavy atom. The number of carbonyl (C=O) groups is 2. The molecule has 0 bridgehead atoms. The van der Waals surface area contributed by atoms with Crippen molar-refractivity contribution in [3.63, 3.8) is 0 Å². The molecular formula is C13H26N2O6. The van der Waals surface area contributed by atoms with Crippen molar-refractivity contribution in [3.8, 4) is 0 Å². The average Bonchev–Trinajstić information content (AvgIpc) is 2.32. The molecule has 0 saturated carbocycles. The van der Waals surface area contributed by atoms with Gasteiger partial charge in [-0.15, -0.1) is 0 Å². The molecule has 0 aliphatic rings. The lowest BCUT2D eigenvalue weighted by Gasteiger charge is -2.28. The highest BCUT2D eigenvalue weighted by Crippen LogP contribution is 2.08. The number of carbonyl (C=O) groups excluding carboxylic acids is 2. The first-order valence-corrected chi connectivity index (χ1v) is 6.71. The van der Waals surface area contributed by atoms with Crippen LogP contribution in [0.15, 0.2) is 0 Å². The van der Waals surface area contributed by atoms with Gasteiger partial charge >= 0.3 is 0 Å². The fourth-order valence-corrected chi connectivity index (χ4v) is 1.50. The zero-order valence-electron chi connectivity index (χ0n) is 13.0. The predicted molar refractivity (Wildman–Crippen MR) is 75.2 cm³/mol. The molecule has 124 valence electrons. The second kappa shape index (κ2) is 7.69. The van der Waals surface area contributed by atoms with Crippen LogP contribution < -0.4 is 10.6 Å². The summed E-state index contributed by atoms with van der Waals surface area (Å²) >= 11 is 0. The van der Waals surface area contributed by atoms with Gasteiger partial charge in [-0.1, -0.05) is 0 Å². The van der Waals surface area contributed by atoms with Crippen molar-refractivity contribution in [2.24, 2.45) is 0 Å². The van der Waals surface area contributed by atoms with Crippen molar-refractivity contribution in [1.29, 1.82) is 0 Å². The lowest BCUT2D eigenvalue weighted by Crippen LogP contribution is -2.56. The third-order valence-electron chi connectivity index (χ3n) is 2.46. The van der Waals surface area contributed by atoms with Crippen LogP contribution in [-0.4, -0.2) is 68.2 Å².